The first-order valence-electron chi connectivity index (χ1n) is 10.1. The number of H-pyrrole nitrogens is 1. The summed E-state index contributed by atoms with van der Waals surface area (Å²) in [6.45, 7) is 0.974. The molecule has 0 bridgehead atoms. The second kappa shape index (κ2) is 8.89. The molecule has 0 aliphatic carbocycles. The molecule has 8 heteroatoms. The standard InChI is InChI=1S/C23H24ClN3O4/c1-30-20-12-21(31-2)18(11-16(20)24)26-22(28)15-7-5-9-27(13-15)23(29)19-10-14-6-3-4-8-17(14)25-19/h3-4,6,8,10-12,15,25H,5,7,9,13H2,1-2H3,(H,26,28)/t15-/m1/s1. The largest absolute Gasteiger partial charge is 0.495 e. The van der Waals surface area contributed by atoms with Gasteiger partial charge in [-0.05, 0) is 31.0 Å². The van der Waals surface area contributed by atoms with Gasteiger partial charge in [-0.15, -0.1) is 0 Å². The highest BCUT2D eigenvalue weighted by Crippen LogP contribution is 2.36. The van der Waals surface area contributed by atoms with Gasteiger partial charge in [0.2, 0.25) is 5.91 Å². The van der Waals surface area contributed by atoms with Crippen molar-refractivity contribution in [2.75, 3.05) is 32.6 Å². The number of aromatic amines is 1. The zero-order valence-corrected chi connectivity index (χ0v) is 18.2. The first-order valence-corrected chi connectivity index (χ1v) is 10.5. The number of fused-ring (bicyclic) bond motifs is 1. The number of amides is 2. The molecule has 4 rings (SSSR count). The predicted molar refractivity (Wildman–Crippen MR) is 120 cm³/mol. The predicted octanol–water partition coefficient (Wildman–Crippen LogP) is 4.33. The van der Waals surface area contributed by atoms with Gasteiger partial charge >= 0.3 is 0 Å². The summed E-state index contributed by atoms with van der Waals surface area (Å²) in [7, 11) is 3.03. The molecule has 0 saturated carbocycles. The number of halogens is 1. The first kappa shape index (κ1) is 21.1. The van der Waals surface area contributed by atoms with Crippen LogP contribution in [0.15, 0.2) is 42.5 Å². The van der Waals surface area contributed by atoms with Crippen LogP contribution < -0.4 is 14.8 Å². The Labute approximate surface area is 185 Å². The highest BCUT2D eigenvalue weighted by atomic mass is 35.5. The number of methoxy groups -OCH3 is 2. The molecule has 2 N–H and O–H groups in total. The Kier molecular flexibility index (Phi) is 6.04. The number of piperidine rings is 1. The molecule has 162 valence electrons. The van der Waals surface area contributed by atoms with Gasteiger partial charge in [0.15, 0.2) is 0 Å². The maximum atomic E-state index is 13.0. The zero-order chi connectivity index (χ0) is 22.0. The number of hydrogen-bond acceptors (Lipinski definition) is 4. The van der Waals surface area contributed by atoms with Crippen LogP contribution in [0.5, 0.6) is 11.5 Å². The molecule has 31 heavy (non-hydrogen) atoms. The van der Waals surface area contributed by atoms with E-state index in [0.717, 1.165) is 17.3 Å². The molecular formula is C23H24ClN3O4. The Morgan fingerprint density at radius 2 is 1.90 bits per heavy atom. The van der Waals surface area contributed by atoms with E-state index in [1.54, 1.807) is 17.0 Å². The highest BCUT2D eigenvalue weighted by molar-refractivity contribution is 6.32. The van der Waals surface area contributed by atoms with Gasteiger partial charge in [-0.1, -0.05) is 29.8 Å². The van der Waals surface area contributed by atoms with Crippen molar-refractivity contribution in [1.82, 2.24) is 9.88 Å². The molecule has 0 radical (unpaired) electrons. The summed E-state index contributed by atoms with van der Waals surface area (Å²) in [4.78, 5) is 30.9. The van der Waals surface area contributed by atoms with Gasteiger partial charge in [0.05, 0.1) is 30.8 Å². The number of para-hydroxylation sites is 1. The summed E-state index contributed by atoms with van der Waals surface area (Å²) in [5.74, 6) is 0.320. The van der Waals surface area contributed by atoms with Crippen LogP contribution >= 0.6 is 11.6 Å². The number of aromatic nitrogens is 1. The van der Waals surface area contributed by atoms with Gasteiger partial charge in [0, 0.05) is 30.1 Å². The van der Waals surface area contributed by atoms with E-state index in [9.17, 15) is 9.59 Å². The van der Waals surface area contributed by atoms with Crippen molar-refractivity contribution in [2.24, 2.45) is 5.92 Å². The Morgan fingerprint density at radius 3 is 2.65 bits per heavy atom. The minimum Gasteiger partial charge on any atom is -0.495 e. The second-order valence-corrected chi connectivity index (χ2v) is 7.94. The third-order valence-electron chi connectivity index (χ3n) is 5.57. The van der Waals surface area contributed by atoms with Crippen molar-refractivity contribution in [1.29, 1.82) is 0 Å². The number of benzene rings is 2. The Balaban J connectivity index is 1.47. The molecule has 0 spiro atoms. The van der Waals surface area contributed by atoms with E-state index in [-0.39, 0.29) is 17.7 Å². The SMILES string of the molecule is COc1cc(OC)c(NC(=O)[C@@H]2CCCN(C(=O)c3cc4ccccc4[nH]3)C2)cc1Cl. The fraction of sp³-hybridized carbons (Fsp3) is 0.304. The summed E-state index contributed by atoms with van der Waals surface area (Å²) in [6.07, 6.45) is 1.46. The third kappa shape index (κ3) is 4.32. The number of rotatable bonds is 5. The van der Waals surface area contributed by atoms with E-state index in [1.807, 2.05) is 30.3 Å². The zero-order valence-electron chi connectivity index (χ0n) is 17.4. The number of anilines is 1. The molecule has 1 fully saturated rings. The lowest BCUT2D eigenvalue weighted by Gasteiger charge is -2.32. The minimum absolute atomic E-state index is 0.0984. The van der Waals surface area contributed by atoms with Crippen LogP contribution in [-0.2, 0) is 4.79 Å². The Hall–Kier alpha value is -3.19. The summed E-state index contributed by atoms with van der Waals surface area (Å²) in [6, 6.07) is 12.8. The van der Waals surface area contributed by atoms with Crippen LogP contribution in [0, 0.1) is 5.92 Å². The number of nitrogens with one attached hydrogen (secondary N) is 2. The van der Waals surface area contributed by atoms with E-state index >= 15 is 0 Å². The van der Waals surface area contributed by atoms with Crippen LogP contribution in [0.1, 0.15) is 23.3 Å². The van der Waals surface area contributed by atoms with Gasteiger partial charge in [-0.3, -0.25) is 9.59 Å². The van der Waals surface area contributed by atoms with Gasteiger partial charge in [0.25, 0.3) is 5.91 Å². The number of likely N-dealkylation sites (tertiary alicyclic amines) is 1. The van der Waals surface area contributed by atoms with E-state index < -0.39 is 0 Å². The van der Waals surface area contributed by atoms with Crippen LogP contribution in [0.2, 0.25) is 5.02 Å². The molecule has 3 aromatic rings. The molecule has 2 aromatic carbocycles. The lowest BCUT2D eigenvalue weighted by molar-refractivity contribution is -0.121. The maximum Gasteiger partial charge on any atom is 0.270 e. The lowest BCUT2D eigenvalue weighted by atomic mass is 9.96. The van der Waals surface area contributed by atoms with E-state index in [1.165, 1.54) is 14.2 Å². The smallest absolute Gasteiger partial charge is 0.270 e. The van der Waals surface area contributed by atoms with E-state index in [2.05, 4.69) is 10.3 Å². The average molecular weight is 442 g/mol. The van der Waals surface area contributed by atoms with E-state index in [0.29, 0.717) is 47.4 Å². The Bertz CT molecular complexity index is 1090. The van der Waals surface area contributed by atoms with Crippen molar-refractivity contribution in [2.45, 2.75) is 12.8 Å². The summed E-state index contributed by atoms with van der Waals surface area (Å²) < 4.78 is 10.6. The number of nitrogens with zero attached hydrogens (tertiary/aromatic N) is 1. The maximum absolute atomic E-state index is 13.0. The molecule has 1 aromatic heterocycles. The molecule has 0 unspecified atom stereocenters. The number of hydrogen-bond donors (Lipinski definition) is 2. The third-order valence-corrected chi connectivity index (χ3v) is 5.87. The summed E-state index contributed by atoms with van der Waals surface area (Å²) in [5, 5.41) is 4.25. The van der Waals surface area contributed by atoms with Crippen LogP contribution in [0.4, 0.5) is 5.69 Å². The fourth-order valence-corrected chi connectivity index (χ4v) is 4.17. The quantitative estimate of drug-likeness (QED) is 0.617. The van der Waals surface area contributed by atoms with Gasteiger partial charge in [-0.25, -0.2) is 0 Å². The normalized spacial score (nSPS) is 16.2. The van der Waals surface area contributed by atoms with Crippen molar-refractivity contribution in [3.8, 4) is 11.5 Å². The molecule has 1 saturated heterocycles. The van der Waals surface area contributed by atoms with Crippen LogP contribution in [0.3, 0.4) is 0 Å². The number of carbonyl (C=O) groups is 2. The molecule has 2 amide bonds. The molecule has 7 nitrogen and oxygen atoms in total. The van der Waals surface area contributed by atoms with Crippen LogP contribution in [0.25, 0.3) is 10.9 Å². The van der Waals surface area contributed by atoms with Gasteiger partial charge in [-0.2, -0.15) is 0 Å². The molecule has 1 aliphatic rings. The summed E-state index contributed by atoms with van der Waals surface area (Å²) in [5.41, 5.74) is 1.92. The minimum atomic E-state index is -0.326. The molecule has 1 aliphatic heterocycles. The topological polar surface area (TPSA) is 83.7 Å². The van der Waals surface area contributed by atoms with Crippen LogP contribution in [-0.4, -0.2) is 49.0 Å². The van der Waals surface area contributed by atoms with Crippen molar-refractivity contribution < 1.29 is 19.1 Å². The molecule has 1 atom stereocenters. The van der Waals surface area contributed by atoms with Crippen molar-refractivity contribution in [3.05, 3.63) is 53.2 Å². The number of carbonyl (C=O) groups excluding carboxylic acids is 2. The number of ether oxygens (including phenoxy) is 2. The molecular weight excluding hydrogens is 418 g/mol. The summed E-state index contributed by atoms with van der Waals surface area (Å²) >= 11 is 6.21. The first-order chi connectivity index (χ1) is 15.0. The average Bonchev–Trinajstić information content (AvgIpc) is 3.23. The highest BCUT2D eigenvalue weighted by Gasteiger charge is 2.30. The van der Waals surface area contributed by atoms with E-state index in [4.69, 9.17) is 21.1 Å². The monoisotopic (exact) mass is 441 g/mol. The van der Waals surface area contributed by atoms with Crippen molar-refractivity contribution in [3.63, 3.8) is 0 Å². The Morgan fingerprint density at radius 1 is 1.13 bits per heavy atom. The van der Waals surface area contributed by atoms with Gasteiger partial charge < -0.3 is 24.7 Å². The lowest BCUT2D eigenvalue weighted by Crippen LogP contribution is -2.43. The van der Waals surface area contributed by atoms with Gasteiger partial charge in [0.1, 0.15) is 17.2 Å². The second-order valence-electron chi connectivity index (χ2n) is 7.54. The molecule has 2 heterocycles. The van der Waals surface area contributed by atoms with Crippen molar-refractivity contribution >= 4 is 40.0 Å². The fourth-order valence-electron chi connectivity index (χ4n) is 3.93.